The fourth-order valence-electron chi connectivity index (χ4n) is 1.86. The maximum Gasteiger partial charge on any atom is -0.0153 e. The van der Waals surface area contributed by atoms with Gasteiger partial charge in [0.1, 0.15) is 0 Å². The Kier molecular flexibility index (Phi) is 3.94. The van der Waals surface area contributed by atoms with E-state index in [0.29, 0.717) is 11.8 Å². The van der Waals surface area contributed by atoms with E-state index in [2.05, 4.69) is 51.6 Å². The van der Waals surface area contributed by atoms with Gasteiger partial charge in [-0.05, 0) is 29.4 Å². The van der Waals surface area contributed by atoms with Gasteiger partial charge in [-0.3, -0.25) is 0 Å². The van der Waals surface area contributed by atoms with Gasteiger partial charge in [-0.2, -0.15) is 0 Å². The van der Waals surface area contributed by atoms with Crippen LogP contribution in [0.25, 0.3) is 0 Å². The van der Waals surface area contributed by atoms with Crippen molar-refractivity contribution in [2.45, 2.75) is 39.0 Å². The molecule has 0 heterocycles. The summed E-state index contributed by atoms with van der Waals surface area (Å²) in [6.07, 6.45) is 3.06. The molecular formula is C14H20. The monoisotopic (exact) mass is 188 g/mol. The summed E-state index contributed by atoms with van der Waals surface area (Å²) in [7, 11) is 0. The molecule has 1 aromatic carbocycles. The Morgan fingerprint density at radius 2 is 1.71 bits per heavy atom. The quantitative estimate of drug-likeness (QED) is 0.611. The first-order valence-electron chi connectivity index (χ1n) is 5.36. The third-order valence-corrected chi connectivity index (χ3v) is 2.67. The summed E-state index contributed by atoms with van der Waals surface area (Å²) >= 11 is 0. The van der Waals surface area contributed by atoms with Crippen LogP contribution in [0.15, 0.2) is 36.9 Å². The van der Waals surface area contributed by atoms with E-state index in [9.17, 15) is 0 Å². The second kappa shape index (κ2) is 4.99. The maximum atomic E-state index is 3.80. The Balaban J connectivity index is 2.99. The first-order chi connectivity index (χ1) is 6.66. The minimum atomic E-state index is 0.589. The summed E-state index contributed by atoms with van der Waals surface area (Å²) in [6, 6.07) is 8.73. The molecule has 1 atom stereocenters. The van der Waals surface area contributed by atoms with E-state index in [-0.39, 0.29) is 0 Å². The third kappa shape index (κ3) is 2.47. The summed E-state index contributed by atoms with van der Waals surface area (Å²) < 4.78 is 0. The van der Waals surface area contributed by atoms with Crippen LogP contribution in [-0.2, 0) is 0 Å². The molecule has 0 nitrogen and oxygen atoms in total. The number of benzene rings is 1. The van der Waals surface area contributed by atoms with Gasteiger partial charge in [-0.15, -0.1) is 6.58 Å². The molecule has 0 heteroatoms. The summed E-state index contributed by atoms with van der Waals surface area (Å²) in [5.41, 5.74) is 2.95. The number of hydrogen-bond donors (Lipinski definition) is 0. The number of hydrogen-bond acceptors (Lipinski definition) is 0. The van der Waals surface area contributed by atoms with Crippen molar-refractivity contribution < 1.29 is 0 Å². The Labute approximate surface area is 87.7 Å². The van der Waals surface area contributed by atoms with Gasteiger partial charge in [0, 0.05) is 0 Å². The number of allylic oxidation sites excluding steroid dienone is 1. The average Bonchev–Trinajstić information content (AvgIpc) is 2.18. The molecule has 0 aliphatic carbocycles. The van der Waals surface area contributed by atoms with Crippen molar-refractivity contribution in [2.75, 3.05) is 0 Å². The minimum absolute atomic E-state index is 0.589. The molecule has 0 saturated heterocycles. The van der Waals surface area contributed by atoms with Crippen molar-refractivity contribution in [1.29, 1.82) is 0 Å². The molecule has 0 spiro atoms. The van der Waals surface area contributed by atoms with Crippen molar-refractivity contribution >= 4 is 0 Å². The lowest BCUT2D eigenvalue weighted by Gasteiger charge is -2.17. The second-order valence-corrected chi connectivity index (χ2v) is 4.21. The topological polar surface area (TPSA) is 0 Å². The summed E-state index contributed by atoms with van der Waals surface area (Å²) in [5.74, 6) is 1.20. The molecule has 0 saturated carbocycles. The standard InChI is InChI=1S/C14H20/c1-5-8-12(4)14-10-7-6-9-13(14)11(2)3/h5-7,9-12H,1,8H2,2-4H3. The molecule has 1 unspecified atom stereocenters. The summed E-state index contributed by atoms with van der Waals surface area (Å²) in [5, 5.41) is 0. The van der Waals surface area contributed by atoms with Crippen molar-refractivity contribution in [2.24, 2.45) is 0 Å². The predicted octanol–water partition coefficient (Wildman–Crippen LogP) is 4.49. The van der Waals surface area contributed by atoms with Gasteiger partial charge in [0.25, 0.3) is 0 Å². The van der Waals surface area contributed by atoms with Crippen molar-refractivity contribution in [3.05, 3.63) is 48.0 Å². The fourth-order valence-corrected chi connectivity index (χ4v) is 1.86. The van der Waals surface area contributed by atoms with E-state index >= 15 is 0 Å². The molecule has 1 rings (SSSR count). The maximum absolute atomic E-state index is 3.80. The SMILES string of the molecule is C=CCC(C)c1ccccc1C(C)C. The predicted molar refractivity (Wildman–Crippen MR) is 63.8 cm³/mol. The van der Waals surface area contributed by atoms with Gasteiger partial charge in [-0.1, -0.05) is 51.1 Å². The van der Waals surface area contributed by atoms with Crippen LogP contribution in [0.4, 0.5) is 0 Å². The van der Waals surface area contributed by atoms with Crippen LogP contribution in [0.5, 0.6) is 0 Å². The molecule has 1 aromatic rings. The molecule has 0 fully saturated rings. The van der Waals surface area contributed by atoms with Crippen LogP contribution in [0.1, 0.15) is 50.2 Å². The first kappa shape index (κ1) is 11.0. The van der Waals surface area contributed by atoms with Crippen LogP contribution in [0.2, 0.25) is 0 Å². The summed E-state index contributed by atoms with van der Waals surface area (Å²) in [6.45, 7) is 10.6. The van der Waals surface area contributed by atoms with E-state index in [1.54, 1.807) is 0 Å². The van der Waals surface area contributed by atoms with Gasteiger partial charge in [0.05, 0.1) is 0 Å². The Bertz CT molecular complexity index is 297. The molecule has 0 N–H and O–H groups in total. The van der Waals surface area contributed by atoms with E-state index in [4.69, 9.17) is 0 Å². The molecule has 76 valence electrons. The molecule has 0 radical (unpaired) electrons. The average molecular weight is 188 g/mol. The second-order valence-electron chi connectivity index (χ2n) is 4.21. The molecule has 14 heavy (non-hydrogen) atoms. The van der Waals surface area contributed by atoms with Crippen molar-refractivity contribution in [3.8, 4) is 0 Å². The van der Waals surface area contributed by atoms with Crippen LogP contribution in [0.3, 0.4) is 0 Å². The molecule has 0 aromatic heterocycles. The highest BCUT2D eigenvalue weighted by atomic mass is 14.1. The third-order valence-electron chi connectivity index (χ3n) is 2.67. The van der Waals surface area contributed by atoms with Crippen LogP contribution in [0, 0.1) is 0 Å². The molecule has 0 aliphatic heterocycles. The van der Waals surface area contributed by atoms with Crippen molar-refractivity contribution in [1.82, 2.24) is 0 Å². The zero-order valence-corrected chi connectivity index (χ0v) is 9.46. The smallest absolute Gasteiger partial charge is 0.0153 e. The Morgan fingerprint density at radius 1 is 1.14 bits per heavy atom. The first-order valence-corrected chi connectivity index (χ1v) is 5.36. The van der Waals surface area contributed by atoms with Gasteiger partial charge in [-0.25, -0.2) is 0 Å². The Morgan fingerprint density at radius 3 is 2.21 bits per heavy atom. The largest absolute Gasteiger partial charge is 0.103 e. The normalized spacial score (nSPS) is 12.9. The highest BCUT2D eigenvalue weighted by molar-refractivity contribution is 5.32. The highest BCUT2D eigenvalue weighted by Crippen LogP contribution is 2.27. The van der Waals surface area contributed by atoms with Gasteiger partial charge in [0.2, 0.25) is 0 Å². The van der Waals surface area contributed by atoms with E-state index < -0.39 is 0 Å². The van der Waals surface area contributed by atoms with Crippen LogP contribution in [-0.4, -0.2) is 0 Å². The van der Waals surface area contributed by atoms with E-state index in [1.807, 2.05) is 6.08 Å². The molecule has 0 bridgehead atoms. The lowest BCUT2D eigenvalue weighted by atomic mass is 9.88. The van der Waals surface area contributed by atoms with Gasteiger partial charge < -0.3 is 0 Å². The fraction of sp³-hybridized carbons (Fsp3) is 0.429. The van der Waals surface area contributed by atoms with Crippen LogP contribution < -0.4 is 0 Å². The highest BCUT2D eigenvalue weighted by Gasteiger charge is 2.10. The van der Waals surface area contributed by atoms with Gasteiger partial charge >= 0.3 is 0 Å². The zero-order chi connectivity index (χ0) is 10.6. The minimum Gasteiger partial charge on any atom is -0.103 e. The van der Waals surface area contributed by atoms with Gasteiger partial charge in [0.15, 0.2) is 0 Å². The molecule has 0 amide bonds. The molecule has 0 aliphatic rings. The zero-order valence-electron chi connectivity index (χ0n) is 9.46. The van der Waals surface area contributed by atoms with E-state index in [1.165, 1.54) is 11.1 Å². The lowest BCUT2D eigenvalue weighted by Crippen LogP contribution is -1.99. The Hall–Kier alpha value is -1.04. The lowest BCUT2D eigenvalue weighted by molar-refractivity contribution is 0.743. The number of rotatable bonds is 4. The molecular weight excluding hydrogens is 168 g/mol. The van der Waals surface area contributed by atoms with Crippen molar-refractivity contribution in [3.63, 3.8) is 0 Å². The summed E-state index contributed by atoms with van der Waals surface area (Å²) in [4.78, 5) is 0. The van der Waals surface area contributed by atoms with E-state index in [0.717, 1.165) is 6.42 Å². The van der Waals surface area contributed by atoms with Crippen LogP contribution >= 0.6 is 0 Å².